The maximum absolute atomic E-state index is 11.7. The third-order valence-electron chi connectivity index (χ3n) is 2.58. The first-order chi connectivity index (χ1) is 9.42. The predicted molar refractivity (Wildman–Crippen MR) is 70.3 cm³/mol. The number of likely N-dealkylation sites (N-methyl/N-ethyl adjacent to an activating group) is 1. The normalized spacial score (nSPS) is 11.6. The van der Waals surface area contributed by atoms with Crippen LogP contribution in [0.5, 0.6) is 0 Å². The first kappa shape index (κ1) is 18.2. The molecular weight excluding hydrogens is 268 g/mol. The van der Waals surface area contributed by atoms with Crippen molar-refractivity contribution in [1.82, 2.24) is 10.2 Å². The van der Waals surface area contributed by atoms with Gasteiger partial charge < -0.3 is 24.8 Å². The van der Waals surface area contributed by atoms with Crippen LogP contribution in [0.15, 0.2) is 0 Å². The van der Waals surface area contributed by atoms with Gasteiger partial charge in [0, 0.05) is 26.6 Å². The molecule has 8 heteroatoms. The molecule has 0 bridgehead atoms. The summed E-state index contributed by atoms with van der Waals surface area (Å²) in [5, 5.41) is 11.3. The van der Waals surface area contributed by atoms with Gasteiger partial charge in [0.25, 0.3) is 0 Å². The highest BCUT2D eigenvalue weighted by Crippen LogP contribution is 2.00. The van der Waals surface area contributed by atoms with Crippen molar-refractivity contribution in [3.8, 4) is 0 Å². The molecule has 0 unspecified atom stereocenters. The standard InChI is InChI=1S/C12H22N2O6/c1-4-20-8-7-14(2)12(18)13-9(11(16)17)5-6-10(15)19-3/h9H,4-8H2,1-3H3,(H,13,18)(H,16,17)/t9-/m1/s1. The number of methoxy groups -OCH3 is 1. The smallest absolute Gasteiger partial charge is 0.326 e. The van der Waals surface area contributed by atoms with Gasteiger partial charge in [-0.3, -0.25) is 4.79 Å². The molecule has 116 valence electrons. The number of carbonyl (C=O) groups is 3. The van der Waals surface area contributed by atoms with Gasteiger partial charge in [0.15, 0.2) is 0 Å². The van der Waals surface area contributed by atoms with E-state index in [2.05, 4.69) is 10.1 Å². The van der Waals surface area contributed by atoms with Crippen molar-refractivity contribution in [2.45, 2.75) is 25.8 Å². The molecule has 0 saturated heterocycles. The SMILES string of the molecule is CCOCCN(C)C(=O)N[C@H](CCC(=O)OC)C(=O)O. The molecule has 0 aliphatic rings. The van der Waals surface area contributed by atoms with Crippen molar-refractivity contribution in [3.05, 3.63) is 0 Å². The minimum absolute atomic E-state index is 0.0208. The van der Waals surface area contributed by atoms with Crippen LogP contribution >= 0.6 is 0 Å². The summed E-state index contributed by atoms with van der Waals surface area (Å²) < 4.78 is 9.53. The fourth-order valence-electron chi connectivity index (χ4n) is 1.33. The minimum Gasteiger partial charge on any atom is -0.480 e. The van der Waals surface area contributed by atoms with Gasteiger partial charge >= 0.3 is 18.0 Å². The fourth-order valence-corrected chi connectivity index (χ4v) is 1.33. The highest BCUT2D eigenvalue weighted by Gasteiger charge is 2.22. The Bertz CT molecular complexity index is 334. The summed E-state index contributed by atoms with van der Waals surface area (Å²) >= 11 is 0. The number of esters is 1. The van der Waals surface area contributed by atoms with Gasteiger partial charge in [0.2, 0.25) is 0 Å². The van der Waals surface area contributed by atoms with Crippen molar-refractivity contribution < 1.29 is 29.0 Å². The lowest BCUT2D eigenvalue weighted by Gasteiger charge is -2.21. The molecule has 0 rings (SSSR count). The first-order valence-electron chi connectivity index (χ1n) is 6.31. The number of carboxylic acids is 1. The summed E-state index contributed by atoms with van der Waals surface area (Å²) in [5.74, 6) is -1.71. The monoisotopic (exact) mass is 290 g/mol. The Labute approximate surface area is 118 Å². The number of nitrogens with one attached hydrogen (secondary N) is 1. The lowest BCUT2D eigenvalue weighted by atomic mass is 10.1. The minimum atomic E-state index is -1.19. The second-order valence-electron chi connectivity index (χ2n) is 4.07. The summed E-state index contributed by atoms with van der Waals surface area (Å²) in [6.45, 7) is 3.11. The van der Waals surface area contributed by atoms with Crippen LogP contribution in [0.2, 0.25) is 0 Å². The maximum Gasteiger partial charge on any atom is 0.326 e. The zero-order valence-electron chi connectivity index (χ0n) is 12.0. The Morgan fingerprint density at radius 2 is 2.00 bits per heavy atom. The molecule has 0 radical (unpaired) electrons. The molecule has 0 aliphatic carbocycles. The number of urea groups is 1. The van der Waals surface area contributed by atoms with Gasteiger partial charge in [-0.15, -0.1) is 0 Å². The highest BCUT2D eigenvalue weighted by atomic mass is 16.5. The molecule has 8 nitrogen and oxygen atoms in total. The average molecular weight is 290 g/mol. The number of ether oxygens (including phenoxy) is 2. The molecule has 0 aromatic heterocycles. The van der Waals surface area contributed by atoms with Crippen molar-refractivity contribution in [2.24, 2.45) is 0 Å². The molecule has 1 atom stereocenters. The summed E-state index contributed by atoms with van der Waals surface area (Å²) in [6, 6.07) is -1.65. The zero-order chi connectivity index (χ0) is 15.5. The third-order valence-corrected chi connectivity index (χ3v) is 2.58. The fraction of sp³-hybridized carbons (Fsp3) is 0.750. The van der Waals surface area contributed by atoms with E-state index in [0.29, 0.717) is 19.8 Å². The van der Waals surface area contributed by atoms with E-state index >= 15 is 0 Å². The predicted octanol–water partition coefficient (Wildman–Crippen LogP) is 0.0707. The van der Waals surface area contributed by atoms with E-state index < -0.39 is 24.0 Å². The number of rotatable bonds is 9. The van der Waals surface area contributed by atoms with Crippen molar-refractivity contribution in [3.63, 3.8) is 0 Å². The van der Waals surface area contributed by atoms with Crippen molar-refractivity contribution in [2.75, 3.05) is 33.9 Å². The van der Waals surface area contributed by atoms with E-state index in [4.69, 9.17) is 9.84 Å². The average Bonchev–Trinajstić information content (AvgIpc) is 2.42. The molecule has 2 N–H and O–H groups in total. The van der Waals surface area contributed by atoms with Crippen LogP contribution in [0.3, 0.4) is 0 Å². The van der Waals surface area contributed by atoms with Crippen LogP contribution in [0.4, 0.5) is 4.79 Å². The quantitative estimate of drug-likeness (QED) is 0.460. The van der Waals surface area contributed by atoms with Crippen LogP contribution in [-0.4, -0.2) is 67.9 Å². The topological polar surface area (TPSA) is 105 Å². The molecule has 0 spiro atoms. The van der Waals surface area contributed by atoms with E-state index in [1.54, 1.807) is 0 Å². The Hall–Kier alpha value is -1.83. The van der Waals surface area contributed by atoms with E-state index in [-0.39, 0.29) is 12.8 Å². The highest BCUT2D eigenvalue weighted by molar-refractivity contribution is 5.83. The van der Waals surface area contributed by atoms with Gasteiger partial charge in [-0.2, -0.15) is 0 Å². The summed E-state index contributed by atoms with van der Waals surface area (Å²) in [7, 11) is 2.76. The van der Waals surface area contributed by atoms with Gasteiger partial charge in [0.1, 0.15) is 6.04 Å². The van der Waals surface area contributed by atoms with Gasteiger partial charge in [-0.05, 0) is 13.3 Å². The van der Waals surface area contributed by atoms with E-state index in [9.17, 15) is 14.4 Å². The Morgan fingerprint density at radius 1 is 1.35 bits per heavy atom. The van der Waals surface area contributed by atoms with Gasteiger partial charge in [0.05, 0.1) is 13.7 Å². The number of carbonyl (C=O) groups excluding carboxylic acids is 2. The molecule has 0 fully saturated rings. The number of aliphatic carboxylic acids is 1. The van der Waals surface area contributed by atoms with Crippen LogP contribution < -0.4 is 5.32 Å². The Morgan fingerprint density at radius 3 is 2.50 bits per heavy atom. The lowest BCUT2D eigenvalue weighted by Crippen LogP contribution is -2.47. The summed E-state index contributed by atoms with van der Waals surface area (Å²) in [5.41, 5.74) is 0. The van der Waals surface area contributed by atoms with E-state index in [1.807, 2.05) is 6.92 Å². The molecule has 0 aromatic carbocycles. The van der Waals surface area contributed by atoms with Crippen LogP contribution in [0.1, 0.15) is 19.8 Å². The number of hydrogen-bond acceptors (Lipinski definition) is 5. The maximum atomic E-state index is 11.7. The number of amides is 2. The first-order valence-corrected chi connectivity index (χ1v) is 6.31. The van der Waals surface area contributed by atoms with E-state index in [0.717, 1.165) is 0 Å². The molecule has 20 heavy (non-hydrogen) atoms. The number of nitrogens with zero attached hydrogens (tertiary/aromatic N) is 1. The van der Waals surface area contributed by atoms with Crippen molar-refractivity contribution in [1.29, 1.82) is 0 Å². The lowest BCUT2D eigenvalue weighted by molar-refractivity contribution is -0.142. The van der Waals surface area contributed by atoms with Crippen LogP contribution in [-0.2, 0) is 19.1 Å². The largest absolute Gasteiger partial charge is 0.480 e. The van der Waals surface area contributed by atoms with E-state index in [1.165, 1.54) is 19.1 Å². The number of hydrogen-bond donors (Lipinski definition) is 2. The molecular formula is C12H22N2O6. The van der Waals surface area contributed by atoms with Gasteiger partial charge in [-0.1, -0.05) is 0 Å². The summed E-state index contributed by atoms with van der Waals surface area (Å²) in [4.78, 5) is 35.1. The molecule has 0 aromatic rings. The van der Waals surface area contributed by atoms with Crippen LogP contribution in [0.25, 0.3) is 0 Å². The molecule has 2 amide bonds. The Balaban J connectivity index is 4.25. The van der Waals surface area contributed by atoms with Gasteiger partial charge in [-0.25, -0.2) is 9.59 Å². The summed E-state index contributed by atoms with van der Waals surface area (Å²) in [6.07, 6.45) is -0.0938. The molecule has 0 aliphatic heterocycles. The van der Waals surface area contributed by atoms with Crippen LogP contribution in [0, 0.1) is 0 Å². The zero-order valence-corrected chi connectivity index (χ0v) is 12.0. The van der Waals surface area contributed by atoms with Crippen molar-refractivity contribution >= 4 is 18.0 Å². The Kier molecular flexibility index (Phi) is 9.10. The molecule has 0 heterocycles. The second kappa shape index (κ2) is 10.0. The second-order valence-corrected chi connectivity index (χ2v) is 4.07. The number of carboxylic acid groups (broad SMARTS) is 1. The molecule has 0 saturated carbocycles. The third kappa shape index (κ3) is 7.57.